The van der Waals surface area contributed by atoms with Gasteiger partial charge < -0.3 is 9.47 Å². The molecular formula is C23H12Br2ClNO4. The minimum atomic E-state index is -0.633. The second kappa shape index (κ2) is 9.18. The zero-order valence-electron chi connectivity index (χ0n) is 15.6. The van der Waals surface area contributed by atoms with Crippen molar-refractivity contribution < 1.29 is 19.1 Å². The monoisotopic (exact) mass is 559 g/mol. The van der Waals surface area contributed by atoms with Crippen molar-refractivity contribution in [2.45, 2.75) is 0 Å². The molecule has 154 valence electrons. The van der Waals surface area contributed by atoms with Crippen molar-refractivity contribution in [3.8, 4) is 5.75 Å². The summed E-state index contributed by atoms with van der Waals surface area (Å²) < 4.78 is 12.2. The third-order valence-electron chi connectivity index (χ3n) is 4.26. The van der Waals surface area contributed by atoms with Gasteiger partial charge in [-0.25, -0.2) is 14.6 Å². The molecular weight excluding hydrogens is 550 g/mol. The van der Waals surface area contributed by atoms with Gasteiger partial charge in [0, 0.05) is 10.0 Å². The second-order valence-electron chi connectivity index (χ2n) is 6.38. The van der Waals surface area contributed by atoms with Crippen molar-refractivity contribution >= 4 is 67.4 Å². The van der Waals surface area contributed by atoms with Crippen molar-refractivity contribution in [2.24, 2.45) is 4.99 Å². The first kappa shape index (κ1) is 21.5. The van der Waals surface area contributed by atoms with Crippen molar-refractivity contribution in [3.63, 3.8) is 0 Å². The van der Waals surface area contributed by atoms with Crippen LogP contribution in [0.5, 0.6) is 5.75 Å². The Morgan fingerprint density at radius 3 is 2.48 bits per heavy atom. The third kappa shape index (κ3) is 4.79. The summed E-state index contributed by atoms with van der Waals surface area (Å²) in [5.74, 6) is -0.804. The standard InChI is InChI=1S/C23H12Br2ClNO4/c24-15-10-14(20(17(25)12-15)30-22(28)13-6-2-1-3-7-13)11-19-23(29)31-21(27-19)16-8-4-5-9-18(16)26/h1-12H/b19-11-. The SMILES string of the molecule is O=C1OC(c2ccccc2Cl)=N/C1=C\c1cc(Br)cc(Br)c1OC(=O)c1ccccc1. The number of nitrogens with zero attached hydrogens (tertiary/aromatic N) is 1. The van der Waals surface area contributed by atoms with Crippen molar-refractivity contribution in [2.75, 3.05) is 0 Å². The maximum atomic E-state index is 12.6. The molecule has 0 saturated heterocycles. The lowest BCUT2D eigenvalue weighted by Gasteiger charge is -2.11. The van der Waals surface area contributed by atoms with E-state index in [1.807, 2.05) is 6.07 Å². The molecule has 0 amide bonds. The summed E-state index contributed by atoms with van der Waals surface area (Å²) in [6.45, 7) is 0. The zero-order valence-corrected chi connectivity index (χ0v) is 19.6. The molecule has 0 bridgehead atoms. The molecule has 8 heteroatoms. The van der Waals surface area contributed by atoms with Crippen LogP contribution in [0, 0.1) is 0 Å². The number of cyclic esters (lactones) is 1. The second-order valence-corrected chi connectivity index (χ2v) is 8.55. The van der Waals surface area contributed by atoms with Crippen molar-refractivity contribution in [1.82, 2.24) is 0 Å². The van der Waals surface area contributed by atoms with Crippen LogP contribution in [0.15, 0.2) is 86.4 Å². The van der Waals surface area contributed by atoms with Crippen LogP contribution in [0.3, 0.4) is 0 Å². The first-order chi connectivity index (χ1) is 14.9. The van der Waals surface area contributed by atoms with Crippen LogP contribution < -0.4 is 4.74 Å². The zero-order chi connectivity index (χ0) is 22.0. The first-order valence-corrected chi connectivity index (χ1v) is 10.9. The Kier molecular flexibility index (Phi) is 6.36. The molecule has 0 unspecified atom stereocenters. The molecule has 0 atom stereocenters. The van der Waals surface area contributed by atoms with E-state index >= 15 is 0 Å². The van der Waals surface area contributed by atoms with Gasteiger partial charge in [0.05, 0.1) is 20.6 Å². The number of benzene rings is 3. The molecule has 1 heterocycles. The number of aliphatic imine (C=N–C) groups is 1. The van der Waals surface area contributed by atoms with E-state index in [4.69, 9.17) is 21.1 Å². The highest BCUT2D eigenvalue weighted by Gasteiger charge is 2.26. The lowest BCUT2D eigenvalue weighted by molar-refractivity contribution is -0.129. The Hall–Kier alpha value is -2.74. The van der Waals surface area contributed by atoms with Gasteiger partial charge in [-0.3, -0.25) is 0 Å². The van der Waals surface area contributed by atoms with Gasteiger partial charge >= 0.3 is 11.9 Å². The maximum Gasteiger partial charge on any atom is 0.363 e. The van der Waals surface area contributed by atoms with Gasteiger partial charge in [0.25, 0.3) is 0 Å². The normalized spacial score (nSPS) is 14.4. The molecule has 31 heavy (non-hydrogen) atoms. The van der Waals surface area contributed by atoms with Crippen LogP contribution in [-0.4, -0.2) is 17.8 Å². The first-order valence-electron chi connectivity index (χ1n) is 8.96. The number of hydrogen-bond donors (Lipinski definition) is 0. The third-order valence-corrected chi connectivity index (χ3v) is 5.63. The summed E-state index contributed by atoms with van der Waals surface area (Å²) in [6, 6.07) is 19.0. The number of ether oxygens (including phenoxy) is 2. The summed E-state index contributed by atoms with van der Waals surface area (Å²) in [4.78, 5) is 29.3. The van der Waals surface area contributed by atoms with Gasteiger partial charge in [-0.2, -0.15) is 0 Å². The van der Waals surface area contributed by atoms with E-state index in [9.17, 15) is 9.59 Å². The number of hydrogen-bond acceptors (Lipinski definition) is 5. The summed E-state index contributed by atoms with van der Waals surface area (Å²) in [5.41, 5.74) is 1.42. The highest BCUT2D eigenvalue weighted by atomic mass is 79.9. The predicted molar refractivity (Wildman–Crippen MR) is 125 cm³/mol. The number of carbonyl (C=O) groups excluding carboxylic acids is 2. The molecule has 0 aromatic heterocycles. The number of halogens is 3. The molecule has 3 aromatic rings. The minimum absolute atomic E-state index is 0.0527. The van der Waals surface area contributed by atoms with Crippen LogP contribution in [0.1, 0.15) is 21.5 Å². The Morgan fingerprint density at radius 2 is 1.74 bits per heavy atom. The van der Waals surface area contributed by atoms with E-state index in [1.54, 1.807) is 60.7 Å². The van der Waals surface area contributed by atoms with E-state index in [1.165, 1.54) is 6.08 Å². The fourth-order valence-electron chi connectivity index (χ4n) is 2.83. The molecule has 3 aromatic carbocycles. The van der Waals surface area contributed by atoms with E-state index in [-0.39, 0.29) is 17.3 Å². The van der Waals surface area contributed by atoms with Crippen molar-refractivity contribution in [3.05, 3.63) is 103 Å². The van der Waals surface area contributed by atoms with E-state index < -0.39 is 11.9 Å². The molecule has 1 aliphatic rings. The molecule has 0 radical (unpaired) electrons. The number of carbonyl (C=O) groups is 2. The topological polar surface area (TPSA) is 65.0 Å². The minimum Gasteiger partial charge on any atom is -0.421 e. The molecule has 4 rings (SSSR count). The average molecular weight is 562 g/mol. The van der Waals surface area contributed by atoms with Crippen molar-refractivity contribution in [1.29, 1.82) is 0 Å². The number of esters is 2. The van der Waals surface area contributed by atoms with E-state index in [0.717, 1.165) is 0 Å². The molecule has 0 spiro atoms. The summed E-state index contributed by atoms with van der Waals surface area (Å²) in [6.07, 6.45) is 1.50. The van der Waals surface area contributed by atoms with Gasteiger partial charge in [-0.05, 0) is 58.4 Å². The smallest absolute Gasteiger partial charge is 0.363 e. The van der Waals surface area contributed by atoms with Gasteiger partial charge in [0.1, 0.15) is 0 Å². The average Bonchev–Trinajstić information content (AvgIpc) is 3.11. The van der Waals surface area contributed by atoms with Crippen LogP contribution in [0.25, 0.3) is 6.08 Å². The lowest BCUT2D eigenvalue weighted by Crippen LogP contribution is -2.10. The molecule has 5 nitrogen and oxygen atoms in total. The molecule has 0 fully saturated rings. The molecule has 0 saturated carbocycles. The molecule has 1 aliphatic heterocycles. The fraction of sp³-hybridized carbons (Fsp3) is 0. The highest BCUT2D eigenvalue weighted by Crippen LogP contribution is 2.36. The van der Waals surface area contributed by atoms with Crippen LogP contribution in [-0.2, 0) is 9.53 Å². The molecule has 0 aliphatic carbocycles. The fourth-order valence-corrected chi connectivity index (χ4v) is 4.38. The predicted octanol–water partition coefficient (Wildman–Crippen LogP) is 6.43. The van der Waals surface area contributed by atoms with Crippen LogP contribution >= 0.6 is 43.5 Å². The van der Waals surface area contributed by atoms with Gasteiger partial charge in [0.2, 0.25) is 5.90 Å². The maximum absolute atomic E-state index is 12.6. The lowest BCUT2D eigenvalue weighted by atomic mass is 10.1. The van der Waals surface area contributed by atoms with Gasteiger partial charge in [0.15, 0.2) is 11.4 Å². The summed E-state index contributed by atoms with van der Waals surface area (Å²) >= 11 is 13.0. The quantitative estimate of drug-likeness (QED) is 0.209. The van der Waals surface area contributed by atoms with Gasteiger partial charge in [-0.15, -0.1) is 0 Å². The van der Waals surface area contributed by atoms with Crippen LogP contribution in [0.2, 0.25) is 5.02 Å². The Bertz CT molecular complexity index is 1260. The van der Waals surface area contributed by atoms with Crippen LogP contribution in [0.4, 0.5) is 0 Å². The Morgan fingerprint density at radius 1 is 1.03 bits per heavy atom. The Balaban J connectivity index is 1.72. The summed E-state index contributed by atoms with van der Waals surface area (Å²) in [5, 5.41) is 0.415. The molecule has 0 N–H and O–H groups in total. The van der Waals surface area contributed by atoms with E-state index in [0.29, 0.717) is 30.7 Å². The largest absolute Gasteiger partial charge is 0.421 e. The Labute approximate surface area is 199 Å². The van der Waals surface area contributed by atoms with E-state index in [2.05, 4.69) is 36.9 Å². The van der Waals surface area contributed by atoms with Gasteiger partial charge in [-0.1, -0.05) is 57.9 Å². The number of rotatable bonds is 4. The highest BCUT2D eigenvalue weighted by molar-refractivity contribution is 9.11. The summed E-state index contributed by atoms with van der Waals surface area (Å²) in [7, 11) is 0.